The van der Waals surface area contributed by atoms with E-state index in [1.54, 1.807) is 0 Å². The van der Waals surface area contributed by atoms with Gasteiger partial charge in [0.1, 0.15) is 5.30 Å². The maximum absolute atomic E-state index is 17.2. The van der Waals surface area contributed by atoms with Crippen molar-refractivity contribution in [3.8, 4) is 0 Å². The highest BCUT2D eigenvalue weighted by atomic mass is 31.2. The molecule has 4 rings (SSSR count). The summed E-state index contributed by atoms with van der Waals surface area (Å²) in [6, 6.07) is 3.70. The van der Waals surface area contributed by atoms with Crippen LogP contribution in [0.5, 0.6) is 0 Å². The van der Waals surface area contributed by atoms with Crippen molar-refractivity contribution in [3.63, 3.8) is 0 Å². The summed E-state index contributed by atoms with van der Waals surface area (Å²) in [5.74, 6) is -29.7. The molecule has 0 nitrogen and oxygen atoms in total. The largest absolute Gasteiger partial charge is 0.417 e. The Morgan fingerprint density at radius 2 is 0.816 bits per heavy atom. The predicted molar refractivity (Wildman–Crippen MR) is 108 cm³/mol. The Morgan fingerprint density at radius 3 is 1.18 bits per heavy atom. The number of hydrogen-bond donors (Lipinski definition) is 0. The normalized spacial score (nSPS) is 12.5. The van der Waals surface area contributed by atoms with Crippen molar-refractivity contribution in [2.24, 2.45) is 0 Å². The van der Waals surface area contributed by atoms with E-state index in [1.165, 1.54) is 0 Å². The molecule has 0 atom stereocenters. The van der Waals surface area contributed by atoms with Gasteiger partial charge >= 0.3 is 13.7 Å². The molecule has 4 aromatic carbocycles. The average molecular weight is 579 g/mol. The van der Waals surface area contributed by atoms with Crippen LogP contribution in [-0.4, -0.2) is 0 Å². The topological polar surface area (TPSA) is 0 Å². The Morgan fingerprint density at radius 1 is 0.474 bits per heavy atom. The number of fused-ring (bicyclic) bond motifs is 1. The first-order valence-electron chi connectivity index (χ1n) is 9.78. The van der Waals surface area contributed by atoms with Crippen LogP contribution in [0.4, 0.5) is 61.3 Å². The van der Waals surface area contributed by atoms with E-state index in [4.69, 9.17) is 0 Å². The SMILES string of the molecule is Fc1c(F)c(F)c([P+](F)(c2c(F)c(F)c(F)c(F)c2F)c2cccc3cccc(C(F)(F)F)c23)c(F)c1F. The van der Waals surface area contributed by atoms with Gasteiger partial charge in [0.25, 0.3) is 0 Å². The molecule has 0 spiro atoms. The Hall–Kier alpha value is -3.41. The second-order valence-corrected chi connectivity index (χ2v) is 10.2. The summed E-state index contributed by atoms with van der Waals surface area (Å²) in [4.78, 5) is 0. The van der Waals surface area contributed by atoms with Gasteiger partial charge in [-0.3, -0.25) is 0 Å². The zero-order valence-electron chi connectivity index (χ0n) is 17.7. The van der Waals surface area contributed by atoms with Crippen LogP contribution < -0.4 is 15.9 Å². The lowest BCUT2D eigenvalue weighted by Gasteiger charge is -2.22. The van der Waals surface area contributed by atoms with E-state index in [-0.39, 0.29) is 12.1 Å². The van der Waals surface area contributed by atoms with Crippen LogP contribution in [0.3, 0.4) is 0 Å². The highest BCUT2D eigenvalue weighted by molar-refractivity contribution is 7.91. The summed E-state index contributed by atoms with van der Waals surface area (Å²) < 4.78 is 202. The van der Waals surface area contributed by atoms with Gasteiger partial charge in [0.15, 0.2) is 0 Å². The molecule has 15 heteroatoms. The van der Waals surface area contributed by atoms with Gasteiger partial charge in [-0.2, -0.15) is 30.7 Å². The summed E-state index contributed by atoms with van der Waals surface area (Å²) in [6.07, 6.45) is -5.41. The molecule has 200 valence electrons. The molecule has 0 amide bonds. The standard InChI is InChI=1S/C23H6F14P/c24-11-13(26)17(30)21(18(31)14(11)27)38(37,22-19(32)15(28)12(25)16(29)20(22)33)9-6-2-4-7-3-1-5-8(10(7)9)23(34,35)36/h1-6H/q+1. The van der Waals surface area contributed by atoms with Crippen LogP contribution in [0, 0.1) is 58.2 Å². The van der Waals surface area contributed by atoms with Crippen molar-refractivity contribution < 1.29 is 61.3 Å². The monoisotopic (exact) mass is 579 g/mol. The minimum absolute atomic E-state index is 0.251. The predicted octanol–water partition coefficient (Wildman–Crippen LogP) is 7.43. The smallest absolute Gasteiger partial charge is 0.200 e. The van der Waals surface area contributed by atoms with E-state index in [0.717, 1.165) is 18.2 Å². The molecule has 0 aliphatic carbocycles. The molecule has 0 saturated heterocycles. The maximum Gasteiger partial charge on any atom is 0.417 e. The third-order valence-corrected chi connectivity index (χ3v) is 8.56. The van der Waals surface area contributed by atoms with E-state index < -0.39 is 104 Å². The van der Waals surface area contributed by atoms with Crippen LogP contribution in [-0.2, 0) is 6.18 Å². The molecule has 38 heavy (non-hydrogen) atoms. The Labute approximate surface area is 202 Å². The van der Waals surface area contributed by atoms with Gasteiger partial charge in [0.2, 0.25) is 68.8 Å². The van der Waals surface area contributed by atoms with Crippen molar-refractivity contribution in [2.75, 3.05) is 0 Å². The summed E-state index contributed by atoms with van der Waals surface area (Å²) >= 11 is 0. The van der Waals surface area contributed by atoms with Crippen LogP contribution in [0.1, 0.15) is 5.56 Å². The van der Waals surface area contributed by atoms with Gasteiger partial charge in [-0.15, -0.1) is 0 Å². The first-order valence-corrected chi connectivity index (χ1v) is 11.5. The fourth-order valence-electron chi connectivity index (χ4n) is 3.89. The molecule has 0 aliphatic rings. The molecule has 0 fully saturated rings. The van der Waals surface area contributed by atoms with Crippen molar-refractivity contribution in [2.45, 2.75) is 6.18 Å². The number of benzene rings is 4. The Kier molecular flexibility index (Phi) is 6.62. The lowest BCUT2D eigenvalue weighted by atomic mass is 10.0. The van der Waals surface area contributed by atoms with Gasteiger partial charge in [-0.1, -0.05) is 24.3 Å². The zero-order valence-corrected chi connectivity index (χ0v) is 18.6. The van der Waals surface area contributed by atoms with E-state index in [2.05, 4.69) is 0 Å². The third-order valence-electron chi connectivity index (χ3n) is 5.51. The Balaban J connectivity index is 2.38. The van der Waals surface area contributed by atoms with Gasteiger partial charge in [0, 0.05) is 5.39 Å². The average Bonchev–Trinajstić information content (AvgIpc) is 2.87. The lowest BCUT2D eigenvalue weighted by Crippen LogP contribution is -2.38. The molecule has 0 heterocycles. The van der Waals surface area contributed by atoms with E-state index in [0.29, 0.717) is 6.07 Å². The molecular formula is C23H6F14P+. The van der Waals surface area contributed by atoms with Gasteiger partial charge in [-0.25, -0.2) is 26.3 Å². The van der Waals surface area contributed by atoms with E-state index in [1.807, 2.05) is 0 Å². The minimum atomic E-state index is -6.86. The molecule has 0 aromatic heterocycles. The van der Waals surface area contributed by atoms with Gasteiger partial charge in [0.05, 0.1) is 5.56 Å². The molecular weight excluding hydrogens is 573 g/mol. The fourth-order valence-corrected chi connectivity index (χ4v) is 6.92. The summed E-state index contributed by atoms with van der Waals surface area (Å²) in [5, 5.41) is -9.14. The van der Waals surface area contributed by atoms with Crippen LogP contribution in [0.2, 0.25) is 0 Å². The van der Waals surface area contributed by atoms with E-state index >= 15 is 4.20 Å². The molecule has 0 radical (unpaired) electrons. The van der Waals surface area contributed by atoms with Crippen molar-refractivity contribution in [1.82, 2.24) is 0 Å². The summed E-state index contributed by atoms with van der Waals surface area (Å²) in [7, 11) is -6.86. The molecule has 0 aliphatic heterocycles. The zero-order chi connectivity index (χ0) is 28.5. The maximum atomic E-state index is 17.2. The minimum Gasteiger partial charge on any atom is -0.200 e. The van der Waals surface area contributed by atoms with Crippen LogP contribution in [0.15, 0.2) is 36.4 Å². The summed E-state index contributed by atoms with van der Waals surface area (Å²) in [6.45, 7) is 0. The second kappa shape index (κ2) is 9.11. The van der Waals surface area contributed by atoms with Crippen molar-refractivity contribution in [3.05, 3.63) is 100 Å². The first kappa shape index (κ1) is 27.6. The molecule has 0 bridgehead atoms. The van der Waals surface area contributed by atoms with Crippen LogP contribution in [0.25, 0.3) is 10.8 Å². The van der Waals surface area contributed by atoms with Gasteiger partial charge < -0.3 is 0 Å². The molecule has 4 aromatic rings. The van der Waals surface area contributed by atoms with Crippen LogP contribution >= 0.6 is 7.57 Å². The lowest BCUT2D eigenvalue weighted by molar-refractivity contribution is -0.136. The number of halogens is 14. The highest BCUT2D eigenvalue weighted by Gasteiger charge is 2.61. The number of hydrogen-bond acceptors (Lipinski definition) is 0. The number of rotatable bonds is 3. The molecule has 0 saturated carbocycles. The quantitative estimate of drug-likeness (QED) is 0.103. The third kappa shape index (κ3) is 3.79. The fraction of sp³-hybridized carbons (Fsp3) is 0.0435. The Bertz CT molecular complexity index is 1490. The summed E-state index contributed by atoms with van der Waals surface area (Å²) in [5.41, 5.74) is -1.81. The molecule has 0 unspecified atom stereocenters. The van der Waals surface area contributed by atoms with Crippen molar-refractivity contribution >= 4 is 34.3 Å². The van der Waals surface area contributed by atoms with E-state index in [9.17, 15) is 57.1 Å². The van der Waals surface area contributed by atoms with Gasteiger partial charge in [-0.05, 0) is 21.7 Å². The van der Waals surface area contributed by atoms with Crippen molar-refractivity contribution in [1.29, 1.82) is 0 Å². The number of alkyl halides is 3. The first-order chi connectivity index (χ1) is 17.6. The molecule has 0 N–H and O–H groups in total. The highest BCUT2D eigenvalue weighted by Crippen LogP contribution is 2.61. The second-order valence-electron chi connectivity index (χ2n) is 7.60.